The van der Waals surface area contributed by atoms with Crippen molar-refractivity contribution in [2.75, 3.05) is 5.88 Å². The summed E-state index contributed by atoms with van der Waals surface area (Å²) in [7, 11) is 0. The fourth-order valence-corrected chi connectivity index (χ4v) is 2.91. The average molecular weight is 245 g/mol. The molecule has 0 aromatic rings. The third kappa shape index (κ3) is 1.75. The van der Waals surface area contributed by atoms with Crippen LogP contribution < -0.4 is 0 Å². The van der Waals surface area contributed by atoms with Crippen LogP contribution in [0.1, 0.15) is 27.7 Å². The molecule has 2 aliphatic rings. The molecule has 0 bridgehead atoms. The number of hydrogen-bond donors (Lipinski definition) is 0. The van der Waals surface area contributed by atoms with Crippen LogP contribution in [0.15, 0.2) is 0 Å². The average Bonchev–Trinajstić information content (AvgIpc) is 2.34. The SMILES string of the molecule is CC(C)(C)OC(=O)N1CSC2(C)OC(=O)C12. The van der Waals surface area contributed by atoms with Gasteiger partial charge in [0.05, 0.1) is 5.88 Å². The van der Waals surface area contributed by atoms with Crippen LogP contribution in [-0.4, -0.2) is 39.4 Å². The first kappa shape index (κ1) is 11.6. The highest BCUT2D eigenvalue weighted by molar-refractivity contribution is 8.00. The summed E-state index contributed by atoms with van der Waals surface area (Å²) in [5.74, 6) is 0.0836. The molecule has 2 saturated heterocycles. The van der Waals surface area contributed by atoms with Crippen molar-refractivity contribution >= 4 is 23.8 Å². The summed E-state index contributed by atoms with van der Waals surface area (Å²) in [4.78, 5) is 24.0. The largest absolute Gasteiger partial charge is 0.444 e. The number of hydrogen-bond acceptors (Lipinski definition) is 5. The summed E-state index contributed by atoms with van der Waals surface area (Å²) >= 11 is 1.44. The molecule has 90 valence electrons. The van der Waals surface area contributed by atoms with Gasteiger partial charge in [-0.05, 0) is 27.7 Å². The van der Waals surface area contributed by atoms with Crippen LogP contribution in [0.3, 0.4) is 0 Å². The van der Waals surface area contributed by atoms with Crippen LogP contribution in [0, 0.1) is 0 Å². The summed E-state index contributed by atoms with van der Waals surface area (Å²) in [5.41, 5.74) is -0.547. The van der Waals surface area contributed by atoms with Gasteiger partial charge in [-0.1, -0.05) is 11.8 Å². The van der Waals surface area contributed by atoms with E-state index in [-0.39, 0.29) is 5.97 Å². The van der Waals surface area contributed by atoms with Crippen molar-refractivity contribution < 1.29 is 19.1 Å². The highest BCUT2D eigenvalue weighted by Crippen LogP contribution is 2.48. The van der Waals surface area contributed by atoms with Gasteiger partial charge in [-0.2, -0.15) is 0 Å². The van der Waals surface area contributed by atoms with Crippen molar-refractivity contribution in [2.45, 2.75) is 44.3 Å². The lowest BCUT2D eigenvalue weighted by molar-refractivity contribution is -0.186. The number of thioether (sulfide) groups is 1. The molecule has 2 unspecified atom stereocenters. The van der Waals surface area contributed by atoms with Crippen LogP contribution in [0.4, 0.5) is 4.79 Å². The number of nitrogens with zero attached hydrogens (tertiary/aromatic N) is 1. The van der Waals surface area contributed by atoms with E-state index in [9.17, 15) is 9.59 Å². The van der Waals surface area contributed by atoms with Crippen molar-refractivity contribution in [3.63, 3.8) is 0 Å². The summed E-state index contributed by atoms with van der Waals surface area (Å²) in [5, 5.41) is 0. The van der Waals surface area contributed by atoms with Gasteiger partial charge in [0.15, 0.2) is 11.0 Å². The zero-order valence-electron chi connectivity index (χ0n) is 9.77. The van der Waals surface area contributed by atoms with Gasteiger partial charge in [0.25, 0.3) is 0 Å². The minimum absolute atomic E-state index is 0.349. The number of ether oxygens (including phenoxy) is 2. The van der Waals surface area contributed by atoms with Crippen molar-refractivity contribution in [3.8, 4) is 0 Å². The molecular formula is C10H15NO4S. The Balaban J connectivity index is 2.07. The first-order valence-corrected chi connectivity index (χ1v) is 6.08. The van der Waals surface area contributed by atoms with Crippen molar-refractivity contribution in [2.24, 2.45) is 0 Å². The lowest BCUT2D eigenvalue weighted by atomic mass is 10.1. The zero-order chi connectivity index (χ0) is 12.1. The molecule has 0 saturated carbocycles. The molecule has 2 rings (SSSR count). The monoisotopic (exact) mass is 245 g/mol. The van der Waals surface area contributed by atoms with E-state index in [1.54, 1.807) is 20.8 Å². The third-order valence-electron chi connectivity index (χ3n) is 2.45. The van der Waals surface area contributed by atoms with Gasteiger partial charge in [-0.3, -0.25) is 4.90 Å². The molecule has 2 atom stereocenters. The van der Waals surface area contributed by atoms with Gasteiger partial charge in [0.2, 0.25) is 0 Å². The van der Waals surface area contributed by atoms with E-state index in [1.165, 1.54) is 16.7 Å². The van der Waals surface area contributed by atoms with Crippen LogP contribution in [-0.2, 0) is 14.3 Å². The smallest absolute Gasteiger partial charge is 0.411 e. The number of carbonyl (C=O) groups is 2. The van der Waals surface area contributed by atoms with Gasteiger partial charge in [-0.25, -0.2) is 9.59 Å². The molecule has 0 spiro atoms. The predicted octanol–water partition coefficient (Wildman–Crippen LogP) is 1.57. The van der Waals surface area contributed by atoms with E-state index in [1.807, 2.05) is 6.92 Å². The second kappa shape index (κ2) is 3.29. The minimum Gasteiger partial charge on any atom is -0.444 e. The van der Waals surface area contributed by atoms with E-state index >= 15 is 0 Å². The summed E-state index contributed by atoms with van der Waals surface area (Å²) in [6.45, 7) is 7.21. The van der Waals surface area contributed by atoms with E-state index < -0.39 is 22.7 Å². The zero-order valence-corrected chi connectivity index (χ0v) is 10.6. The van der Waals surface area contributed by atoms with E-state index in [0.29, 0.717) is 5.88 Å². The van der Waals surface area contributed by atoms with E-state index in [0.717, 1.165) is 0 Å². The van der Waals surface area contributed by atoms with Gasteiger partial charge < -0.3 is 9.47 Å². The molecule has 1 amide bonds. The maximum Gasteiger partial charge on any atom is 0.411 e. The molecule has 0 aromatic heterocycles. The Morgan fingerprint density at radius 1 is 1.62 bits per heavy atom. The molecule has 16 heavy (non-hydrogen) atoms. The second-order valence-corrected chi connectivity index (χ2v) is 6.42. The lowest BCUT2D eigenvalue weighted by Gasteiger charge is -2.41. The first-order chi connectivity index (χ1) is 7.23. The maximum atomic E-state index is 11.8. The molecule has 0 aliphatic carbocycles. The fraction of sp³-hybridized carbons (Fsp3) is 0.800. The highest BCUT2D eigenvalue weighted by atomic mass is 32.2. The van der Waals surface area contributed by atoms with Crippen molar-refractivity contribution in [3.05, 3.63) is 0 Å². The van der Waals surface area contributed by atoms with Crippen LogP contribution in [0.2, 0.25) is 0 Å². The number of amides is 1. The van der Waals surface area contributed by atoms with E-state index in [4.69, 9.17) is 9.47 Å². The Hall–Kier alpha value is -0.910. The predicted molar refractivity (Wildman–Crippen MR) is 58.8 cm³/mol. The molecule has 6 heteroatoms. The van der Waals surface area contributed by atoms with Crippen LogP contribution in [0.5, 0.6) is 0 Å². The Morgan fingerprint density at radius 2 is 2.25 bits per heavy atom. The van der Waals surface area contributed by atoms with Crippen molar-refractivity contribution in [1.82, 2.24) is 4.90 Å². The number of rotatable bonds is 0. The first-order valence-electron chi connectivity index (χ1n) is 5.09. The van der Waals surface area contributed by atoms with Gasteiger partial charge in [0, 0.05) is 0 Å². The fourth-order valence-electron chi connectivity index (χ4n) is 1.74. The molecule has 2 aliphatic heterocycles. The Kier molecular flexibility index (Phi) is 2.38. The quantitative estimate of drug-likeness (QED) is 0.606. The Bertz CT molecular complexity index is 351. The maximum absolute atomic E-state index is 11.8. The number of esters is 1. The second-order valence-electron chi connectivity index (χ2n) is 5.06. The van der Waals surface area contributed by atoms with Gasteiger partial charge >= 0.3 is 12.1 Å². The summed E-state index contributed by atoms with van der Waals surface area (Å²) in [6, 6.07) is -0.493. The van der Waals surface area contributed by atoms with Crippen molar-refractivity contribution in [1.29, 1.82) is 0 Å². The molecule has 0 aromatic carbocycles. The molecule has 2 heterocycles. The number of carbonyl (C=O) groups excluding carboxylic acids is 2. The molecule has 2 fully saturated rings. The standard InChI is InChI=1S/C10H15NO4S/c1-9(2,3)15-8(13)11-5-16-10(4)6(11)7(12)14-10/h6H,5H2,1-4H3. The van der Waals surface area contributed by atoms with Gasteiger partial charge in [0.1, 0.15) is 5.60 Å². The minimum atomic E-state index is -0.575. The summed E-state index contributed by atoms with van der Waals surface area (Å²) < 4.78 is 10.3. The topological polar surface area (TPSA) is 55.8 Å². The lowest BCUT2D eigenvalue weighted by Crippen LogP contribution is -2.62. The van der Waals surface area contributed by atoms with Crippen LogP contribution in [0.25, 0.3) is 0 Å². The van der Waals surface area contributed by atoms with Gasteiger partial charge in [-0.15, -0.1) is 0 Å². The Labute approximate surface area is 98.4 Å². The molecule has 0 radical (unpaired) electrons. The normalized spacial score (nSPS) is 32.9. The molecule has 5 nitrogen and oxygen atoms in total. The highest BCUT2D eigenvalue weighted by Gasteiger charge is 2.63. The Morgan fingerprint density at radius 3 is 2.75 bits per heavy atom. The molecular weight excluding hydrogens is 230 g/mol. The van der Waals surface area contributed by atoms with E-state index in [2.05, 4.69) is 0 Å². The number of fused-ring (bicyclic) bond motifs is 1. The molecule has 0 N–H and O–H groups in total. The third-order valence-corrected chi connectivity index (χ3v) is 3.74. The summed E-state index contributed by atoms with van der Waals surface area (Å²) in [6.07, 6.45) is -0.453. The van der Waals surface area contributed by atoms with Crippen LogP contribution >= 0.6 is 11.8 Å².